The maximum absolute atomic E-state index is 5.49. The predicted octanol–water partition coefficient (Wildman–Crippen LogP) is 0.659. The van der Waals surface area contributed by atoms with Crippen LogP contribution in [-0.4, -0.2) is 62.3 Å². The monoisotopic (exact) mass is 186 g/mol. The molecule has 1 rings (SSSR count). The third-order valence-electron chi connectivity index (χ3n) is 2.73. The molecule has 0 bridgehead atoms. The topological polar surface area (TPSA) is 15.7 Å². The van der Waals surface area contributed by atoms with E-state index in [9.17, 15) is 0 Å². The Kier molecular flexibility index (Phi) is 4.70. The van der Waals surface area contributed by atoms with Crippen LogP contribution in [0, 0.1) is 0 Å². The number of rotatable bonds is 4. The van der Waals surface area contributed by atoms with Gasteiger partial charge in [0.1, 0.15) is 0 Å². The molecule has 0 aromatic rings. The van der Waals surface area contributed by atoms with E-state index in [1.54, 1.807) is 0 Å². The second kappa shape index (κ2) is 5.58. The first-order chi connectivity index (χ1) is 6.27. The van der Waals surface area contributed by atoms with Crippen molar-refractivity contribution in [2.45, 2.75) is 19.9 Å². The number of nitrogens with zero attached hydrogens (tertiary/aromatic N) is 2. The maximum Gasteiger partial charge on any atom is 0.0634 e. The van der Waals surface area contributed by atoms with Crippen molar-refractivity contribution in [1.29, 1.82) is 0 Å². The van der Waals surface area contributed by atoms with Crippen molar-refractivity contribution >= 4 is 0 Å². The number of hydrogen-bond acceptors (Lipinski definition) is 3. The second-order valence-corrected chi connectivity index (χ2v) is 3.70. The Hall–Kier alpha value is -0.120. The van der Waals surface area contributed by atoms with Gasteiger partial charge in [0, 0.05) is 32.3 Å². The minimum Gasteiger partial charge on any atom is -0.380 e. The molecule has 0 aromatic heterocycles. The zero-order chi connectivity index (χ0) is 9.68. The highest BCUT2D eigenvalue weighted by Crippen LogP contribution is 2.08. The lowest BCUT2D eigenvalue weighted by molar-refractivity contribution is 0.0234. The van der Waals surface area contributed by atoms with E-state index in [0.717, 1.165) is 26.3 Å². The molecule has 78 valence electrons. The molecule has 1 aliphatic heterocycles. The van der Waals surface area contributed by atoms with Gasteiger partial charge in [0.15, 0.2) is 0 Å². The average molecular weight is 186 g/mol. The van der Waals surface area contributed by atoms with E-state index in [1.165, 1.54) is 13.1 Å². The molecule has 0 amide bonds. The van der Waals surface area contributed by atoms with E-state index in [-0.39, 0.29) is 0 Å². The van der Waals surface area contributed by atoms with Crippen LogP contribution in [0.2, 0.25) is 0 Å². The molecule has 1 heterocycles. The van der Waals surface area contributed by atoms with Gasteiger partial charge in [0.05, 0.1) is 6.61 Å². The van der Waals surface area contributed by atoms with E-state index < -0.39 is 0 Å². The first-order valence-electron chi connectivity index (χ1n) is 5.28. The summed E-state index contributed by atoms with van der Waals surface area (Å²) in [6.07, 6.45) is 0. The average Bonchev–Trinajstić information content (AvgIpc) is 2.15. The summed E-state index contributed by atoms with van der Waals surface area (Å²) in [4.78, 5) is 4.89. The van der Waals surface area contributed by atoms with Crippen molar-refractivity contribution in [3.63, 3.8) is 0 Å². The third-order valence-corrected chi connectivity index (χ3v) is 2.73. The minimum absolute atomic E-state index is 0.601. The zero-order valence-electron chi connectivity index (χ0n) is 9.12. The molecule has 1 saturated heterocycles. The van der Waals surface area contributed by atoms with Gasteiger partial charge in [0.25, 0.3) is 0 Å². The Balaban J connectivity index is 2.35. The molecule has 0 aromatic carbocycles. The van der Waals surface area contributed by atoms with Crippen LogP contribution in [0.4, 0.5) is 0 Å². The molecule has 13 heavy (non-hydrogen) atoms. The van der Waals surface area contributed by atoms with Crippen LogP contribution in [0.5, 0.6) is 0 Å². The first kappa shape index (κ1) is 11.0. The molecule has 0 saturated carbocycles. The fourth-order valence-corrected chi connectivity index (χ4v) is 1.88. The van der Waals surface area contributed by atoms with E-state index in [4.69, 9.17) is 4.74 Å². The number of ether oxygens (including phenoxy) is 1. The van der Waals surface area contributed by atoms with Gasteiger partial charge in [-0.25, -0.2) is 0 Å². The fourth-order valence-electron chi connectivity index (χ4n) is 1.88. The van der Waals surface area contributed by atoms with Crippen LogP contribution < -0.4 is 0 Å². The normalized spacial score (nSPS) is 26.5. The Labute approximate surface area is 81.7 Å². The van der Waals surface area contributed by atoms with Crippen LogP contribution >= 0.6 is 0 Å². The Morgan fingerprint density at radius 1 is 1.31 bits per heavy atom. The molecule has 0 radical (unpaired) electrons. The Morgan fingerprint density at radius 3 is 2.69 bits per heavy atom. The summed E-state index contributed by atoms with van der Waals surface area (Å²) >= 11 is 0. The quantitative estimate of drug-likeness (QED) is 0.641. The van der Waals surface area contributed by atoms with E-state index >= 15 is 0 Å². The summed E-state index contributed by atoms with van der Waals surface area (Å²) in [6.45, 7) is 10.7. The van der Waals surface area contributed by atoms with E-state index in [1.807, 2.05) is 0 Å². The molecule has 1 aliphatic rings. The summed E-state index contributed by atoms with van der Waals surface area (Å²) in [5, 5.41) is 0. The SMILES string of the molecule is CCOCC1CN(C)CCN1CC. The largest absolute Gasteiger partial charge is 0.380 e. The van der Waals surface area contributed by atoms with Crippen molar-refractivity contribution in [3.8, 4) is 0 Å². The highest BCUT2D eigenvalue weighted by Gasteiger charge is 2.23. The lowest BCUT2D eigenvalue weighted by Gasteiger charge is -2.39. The molecule has 1 fully saturated rings. The number of piperazine rings is 1. The molecule has 0 N–H and O–H groups in total. The predicted molar refractivity (Wildman–Crippen MR) is 55.0 cm³/mol. The van der Waals surface area contributed by atoms with Crippen LogP contribution in [0.3, 0.4) is 0 Å². The van der Waals surface area contributed by atoms with Crippen molar-refractivity contribution in [2.24, 2.45) is 0 Å². The smallest absolute Gasteiger partial charge is 0.0634 e. The van der Waals surface area contributed by atoms with Crippen LogP contribution in [0.25, 0.3) is 0 Å². The van der Waals surface area contributed by atoms with Gasteiger partial charge in [-0.05, 0) is 20.5 Å². The van der Waals surface area contributed by atoms with E-state index in [2.05, 4.69) is 30.7 Å². The lowest BCUT2D eigenvalue weighted by Crippen LogP contribution is -2.53. The molecular weight excluding hydrogens is 164 g/mol. The van der Waals surface area contributed by atoms with Crippen LogP contribution in [0.15, 0.2) is 0 Å². The van der Waals surface area contributed by atoms with Crippen LogP contribution in [0.1, 0.15) is 13.8 Å². The summed E-state index contributed by atoms with van der Waals surface area (Å²) < 4.78 is 5.49. The van der Waals surface area contributed by atoms with Gasteiger partial charge in [-0.3, -0.25) is 4.90 Å². The molecule has 0 aliphatic carbocycles. The van der Waals surface area contributed by atoms with Crippen molar-refractivity contribution < 1.29 is 4.74 Å². The summed E-state index contributed by atoms with van der Waals surface area (Å²) in [5.74, 6) is 0. The van der Waals surface area contributed by atoms with Crippen molar-refractivity contribution in [2.75, 3.05) is 46.4 Å². The van der Waals surface area contributed by atoms with Gasteiger partial charge in [-0.1, -0.05) is 6.92 Å². The van der Waals surface area contributed by atoms with Gasteiger partial charge in [0.2, 0.25) is 0 Å². The highest BCUT2D eigenvalue weighted by atomic mass is 16.5. The van der Waals surface area contributed by atoms with Crippen LogP contribution in [-0.2, 0) is 4.74 Å². The first-order valence-corrected chi connectivity index (χ1v) is 5.28. The molecular formula is C10H22N2O. The van der Waals surface area contributed by atoms with Gasteiger partial charge >= 0.3 is 0 Å². The summed E-state index contributed by atoms with van der Waals surface area (Å²) in [7, 11) is 2.19. The maximum atomic E-state index is 5.49. The van der Waals surface area contributed by atoms with Gasteiger partial charge in [-0.2, -0.15) is 0 Å². The van der Waals surface area contributed by atoms with Crippen molar-refractivity contribution in [3.05, 3.63) is 0 Å². The molecule has 1 atom stereocenters. The number of hydrogen-bond donors (Lipinski definition) is 0. The Bertz CT molecular complexity index is 141. The van der Waals surface area contributed by atoms with Gasteiger partial charge < -0.3 is 9.64 Å². The zero-order valence-corrected chi connectivity index (χ0v) is 9.12. The lowest BCUT2D eigenvalue weighted by atomic mass is 10.2. The molecule has 3 heteroatoms. The van der Waals surface area contributed by atoms with Gasteiger partial charge in [-0.15, -0.1) is 0 Å². The highest BCUT2D eigenvalue weighted by molar-refractivity contribution is 4.79. The molecule has 3 nitrogen and oxygen atoms in total. The fraction of sp³-hybridized carbons (Fsp3) is 1.00. The summed E-state index contributed by atoms with van der Waals surface area (Å²) in [6, 6.07) is 0.601. The third kappa shape index (κ3) is 3.25. The second-order valence-electron chi connectivity index (χ2n) is 3.70. The minimum atomic E-state index is 0.601. The number of likely N-dealkylation sites (N-methyl/N-ethyl adjacent to an activating group) is 2. The summed E-state index contributed by atoms with van der Waals surface area (Å²) in [5.41, 5.74) is 0. The Morgan fingerprint density at radius 2 is 2.08 bits per heavy atom. The standard InChI is InChI=1S/C10H22N2O/c1-4-12-7-6-11(3)8-10(12)9-13-5-2/h10H,4-9H2,1-3H3. The molecule has 0 spiro atoms. The van der Waals surface area contributed by atoms with Crippen molar-refractivity contribution in [1.82, 2.24) is 9.80 Å². The van der Waals surface area contributed by atoms with E-state index in [0.29, 0.717) is 6.04 Å². The molecule has 1 unspecified atom stereocenters.